The molecule has 8 heteroatoms. The molecule has 0 saturated carbocycles. The van der Waals surface area contributed by atoms with E-state index >= 15 is 0 Å². The van der Waals surface area contributed by atoms with Crippen molar-refractivity contribution in [1.82, 2.24) is 9.36 Å². The first-order chi connectivity index (χ1) is 11.5. The average molecular weight is 352 g/mol. The van der Waals surface area contributed by atoms with Crippen molar-refractivity contribution in [2.45, 2.75) is 18.6 Å². The van der Waals surface area contributed by atoms with Crippen molar-refractivity contribution in [3.8, 4) is 0 Å². The molecule has 3 N–H and O–H groups in total. The Hall–Kier alpha value is -2.19. The summed E-state index contributed by atoms with van der Waals surface area (Å²) in [5, 5.41) is 4.15. The molecule has 0 bridgehead atoms. The molecular weight excluding hydrogens is 337 g/mol. The zero-order chi connectivity index (χ0) is 17.2. The maximum atomic E-state index is 12.6. The average Bonchev–Trinajstić information content (AvgIpc) is 2.98. The van der Waals surface area contributed by atoms with Crippen LogP contribution < -0.4 is 11.1 Å². The van der Waals surface area contributed by atoms with Gasteiger partial charge >= 0.3 is 6.18 Å². The minimum Gasteiger partial charge on any atom is -0.362 e. The van der Waals surface area contributed by atoms with Gasteiger partial charge in [-0.05, 0) is 42.7 Å². The molecule has 126 valence electrons. The van der Waals surface area contributed by atoms with Crippen molar-refractivity contribution in [3.63, 3.8) is 0 Å². The summed E-state index contributed by atoms with van der Waals surface area (Å²) < 4.78 is 43.4. The first kappa shape index (κ1) is 16.7. The first-order valence-corrected chi connectivity index (χ1v) is 8.10. The number of benzene rings is 1. The summed E-state index contributed by atoms with van der Waals surface area (Å²) in [5.74, 6) is 0.360. The number of nitrogens with two attached hydrogens (primary N) is 1. The second-order valence-corrected chi connectivity index (χ2v) is 6.07. The van der Waals surface area contributed by atoms with Gasteiger partial charge in [0.2, 0.25) is 0 Å². The van der Waals surface area contributed by atoms with Gasteiger partial charge in [0.25, 0.3) is 0 Å². The second kappa shape index (κ2) is 6.74. The van der Waals surface area contributed by atoms with Gasteiger partial charge in [0, 0.05) is 11.6 Å². The van der Waals surface area contributed by atoms with Crippen LogP contribution in [0.2, 0.25) is 0 Å². The third kappa shape index (κ3) is 3.49. The Morgan fingerprint density at radius 2 is 1.96 bits per heavy atom. The fourth-order valence-electron chi connectivity index (χ4n) is 2.43. The van der Waals surface area contributed by atoms with E-state index in [1.54, 1.807) is 0 Å². The molecule has 2 heterocycles. The van der Waals surface area contributed by atoms with Gasteiger partial charge in [-0.3, -0.25) is 0 Å². The van der Waals surface area contributed by atoms with Gasteiger partial charge < -0.3 is 11.1 Å². The topological polar surface area (TPSA) is 63.8 Å². The molecule has 4 nitrogen and oxygen atoms in total. The summed E-state index contributed by atoms with van der Waals surface area (Å²) in [6.07, 6.45) is -2.98. The van der Waals surface area contributed by atoms with Crippen LogP contribution in [0.5, 0.6) is 0 Å². The number of halogens is 3. The number of hydrogen-bond acceptors (Lipinski definition) is 5. The highest BCUT2D eigenvalue weighted by molar-refractivity contribution is 7.13. The Morgan fingerprint density at radius 1 is 1.17 bits per heavy atom. The van der Waals surface area contributed by atoms with E-state index in [1.807, 2.05) is 24.3 Å². The highest BCUT2D eigenvalue weighted by atomic mass is 32.1. The van der Waals surface area contributed by atoms with Crippen molar-refractivity contribution in [2.75, 3.05) is 11.9 Å². The molecular formula is C16H15F3N4S. The Labute approximate surface area is 140 Å². The Bertz CT molecular complexity index is 814. The Kier molecular flexibility index (Phi) is 4.68. The van der Waals surface area contributed by atoms with Crippen molar-refractivity contribution < 1.29 is 13.2 Å². The van der Waals surface area contributed by atoms with Crippen molar-refractivity contribution in [2.24, 2.45) is 5.73 Å². The van der Waals surface area contributed by atoms with E-state index in [4.69, 9.17) is 5.73 Å². The molecule has 0 saturated heterocycles. The van der Waals surface area contributed by atoms with Crippen LogP contribution >= 0.6 is 11.5 Å². The lowest BCUT2D eigenvalue weighted by Gasteiger charge is -2.17. The molecule has 0 spiro atoms. The van der Waals surface area contributed by atoms with E-state index in [2.05, 4.69) is 14.7 Å². The van der Waals surface area contributed by atoms with Crippen LogP contribution in [0.4, 0.5) is 19.0 Å². The van der Waals surface area contributed by atoms with E-state index < -0.39 is 11.7 Å². The quantitative estimate of drug-likeness (QED) is 0.722. The number of nitrogens with zero attached hydrogens (tertiary/aromatic N) is 2. The van der Waals surface area contributed by atoms with E-state index in [1.165, 1.54) is 17.6 Å². The standard InChI is InChI=1S/C16H15F3N4S/c17-16(18,19)10-5-6-14(21-9-10)22-12(7-8-20)15-11-3-1-2-4-13(11)24-23-15/h1-6,9,12H,7-8,20H2,(H,21,22). The molecule has 0 radical (unpaired) electrons. The zero-order valence-corrected chi connectivity index (χ0v) is 13.4. The van der Waals surface area contributed by atoms with Gasteiger partial charge in [-0.1, -0.05) is 18.2 Å². The minimum atomic E-state index is -4.40. The maximum absolute atomic E-state index is 12.6. The SMILES string of the molecule is NCCC(Nc1ccc(C(F)(F)F)cn1)c1nsc2ccccc12. The number of hydrogen-bond donors (Lipinski definition) is 2. The van der Waals surface area contributed by atoms with E-state index in [0.29, 0.717) is 18.8 Å². The lowest BCUT2D eigenvalue weighted by atomic mass is 10.1. The smallest absolute Gasteiger partial charge is 0.362 e. The monoisotopic (exact) mass is 352 g/mol. The third-order valence-corrected chi connectivity index (χ3v) is 4.44. The number of rotatable bonds is 5. The number of fused-ring (bicyclic) bond motifs is 1. The first-order valence-electron chi connectivity index (χ1n) is 7.33. The molecule has 3 rings (SSSR count). The maximum Gasteiger partial charge on any atom is 0.417 e. The predicted molar refractivity (Wildman–Crippen MR) is 88.9 cm³/mol. The number of alkyl halides is 3. The molecule has 0 aliphatic carbocycles. The van der Waals surface area contributed by atoms with Crippen molar-refractivity contribution in [1.29, 1.82) is 0 Å². The lowest BCUT2D eigenvalue weighted by Crippen LogP contribution is -2.17. The van der Waals surface area contributed by atoms with Crippen LogP contribution in [0.1, 0.15) is 23.7 Å². The van der Waals surface area contributed by atoms with Gasteiger partial charge in [-0.2, -0.15) is 17.5 Å². The van der Waals surface area contributed by atoms with E-state index in [-0.39, 0.29) is 6.04 Å². The number of anilines is 1. The summed E-state index contributed by atoms with van der Waals surface area (Å²) in [7, 11) is 0. The number of aromatic nitrogens is 2. The molecule has 1 unspecified atom stereocenters. The molecule has 1 atom stereocenters. The summed E-state index contributed by atoms with van der Waals surface area (Å²) in [4.78, 5) is 3.86. The molecule has 0 aliphatic rings. The summed E-state index contributed by atoms with van der Waals surface area (Å²) in [5.41, 5.74) is 5.74. The number of nitrogens with one attached hydrogen (secondary N) is 1. The third-order valence-electron chi connectivity index (χ3n) is 3.60. The molecule has 24 heavy (non-hydrogen) atoms. The molecule has 0 fully saturated rings. The van der Waals surface area contributed by atoms with Gasteiger partial charge in [0.1, 0.15) is 5.82 Å². The zero-order valence-electron chi connectivity index (χ0n) is 12.5. The second-order valence-electron chi connectivity index (χ2n) is 5.27. The van der Waals surface area contributed by atoms with Crippen LogP contribution in [0.15, 0.2) is 42.6 Å². The van der Waals surface area contributed by atoms with E-state index in [0.717, 1.165) is 28.0 Å². The molecule has 1 aromatic carbocycles. The number of pyridine rings is 1. The van der Waals surface area contributed by atoms with Crippen molar-refractivity contribution >= 4 is 27.4 Å². The van der Waals surface area contributed by atoms with Gasteiger partial charge in [0.05, 0.1) is 22.0 Å². The fourth-order valence-corrected chi connectivity index (χ4v) is 3.26. The highest BCUT2D eigenvalue weighted by Crippen LogP contribution is 2.32. The van der Waals surface area contributed by atoms with Gasteiger partial charge in [-0.25, -0.2) is 4.98 Å². The van der Waals surface area contributed by atoms with Crippen LogP contribution in [0.25, 0.3) is 10.1 Å². The Balaban J connectivity index is 1.87. The summed E-state index contributed by atoms with van der Waals surface area (Å²) in [6.45, 7) is 0.421. The normalized spacial score (nSPS) is 13.2. The largest absolute Gasteiger partial charge is 0.417 e. The van der Waals surface area contributed by atoms with Crippen LogP contribution in [-0.2, 0) is 6.18 Å². The molecule has 2 aromatic heterocycles. The Morgan fingerprint density at radius 3 is 2.62 bits per heavy atom. The van der Waals surface area contributed by atoms with Crippen LogP contribution in [0, 0.1) is 0 Å². The summed E-state index contributed by atoms with van der Waals surface area (Å²) in [6, 6.07) is 9.93. The molecule has 3 aromatic rings. The fraction of sp³-hybridized carbons (Fsp3) is 0.250. The van der Waals surface area contributed by atoms with Crippen molar-refractivity contribution in [3.05, 3.63) is 53.9 Å². The van der Waals surface area contributed by atoms with Gasteiger partial charge in [-0.15, -0.1) is 0 Å². The minimum absolute atomic E-state index is 0.213. The van der Waals surface area contributed by atoms with E-state index in [9.17, 15) is 13.2 Å². The van der Waals surface area contributed by atoms with Crippen LogP contribution in [0.3, 0.4) is 0 Å². The highest BCUT2D eigenvalue weighted by Gasteiger charge is 2.30. The predicted octanol–water partition coefficient (Wildman–Crippen LogP) is 4.21. The molecule has 0 amide bonds. The van der Waals surface area contributed by atoms with Crippen LogP contribution in [-0.4, -0.2) is 15.9 Å². The lowest BCUT2D eigenvalue weighted by molar-refractivity contribution is -0.137. The summed E-state index contributed by atoms with van der Waals surface area (Å²) >= 11 is 1.38. The molecule has 0 aliphatic heterocycles. The van der Waals surface area contributed by atoms with Gasteiger partial charge in [0.15, 0.2) is 0 Å².